The Morgan fingerprint density at radius 2 is 1.65 bits per heavy atom. The summed E-state index contributed by atoms with van der Waals surface area (Å²) in [6.45, 7) is 11.6. The number of unbranched alkanes of at least 4 members (excludes halogenated alkanes) is 1. The molecule has 1 rings (SSSR count). The van der Waals surface area contributed by atoms with Gasteiger partial charge in [-0.05, 0) is 41.7 Å². The van der Waals surface area contributed by atoms with Crippen molar-refractivity contribution in [1.29, 1.82) is 0 Å². The second-order valence-corrected chi connectivity index (χ2v) is 6.62. The van der Waals surface area contributed by atoms with Gasteiger partial charge in [0.25, 0.3) is 0 Å². The predicted octanol–water partition coefficient (Wildman–Crippen LogP) is 5.57. The molecule has 0 fully saturated rings. The van der Waals surface area contributed by atoms with Gasteiger partial charge in [0.15, 0.2) is 0 Å². The zero-order valence-corrected chi connectivity index (χ0v) is 12.2. The summed E-state index contributed by atoms with van der Waals surface area (Å²) >= 11 is 0. The van der Waals surface area contributed by atoms with Crippen LogP contribution in [0.4, 0.5) is 0 Å². The maximum atomic E-state index is 2.33. The topological polar surface area (TPSA) is 0 Å². The molecule has 1 aromatic carbocycles. The summed E-state index contributed by atoms with van der Waals surface area (Å²) in [5.74, 6) is 0.647. The van der Waals surface area contributed by atoms with Crippen LogP contribution in [-0.4, -0.2) is 0 Å². The first-order valence-corrected chi connectivity index (χ1v) is 6.98. The number of hydrogen-bond acceptors (Lipinski definition) is 0. The summed E-state index contributed by atoms with van der Waals surface area (Å²) in [5, 5.41) is 0. The van der Waals surface area contributed by atoms with Gasteiger partial charge in [-0.1, -0.05) is 65.3 Å². The number of hydrogen-bond donors (Lipinski definition) is 0. The Balaban J connectivity index is 2.47. The van der Waals surface area contributed by atoms with Crippen LogP contribution in [0.2, 0.25) is 0 Å². The molecule has 0 aliphatic carbocycles. The highest BCUT2D eigenvalue weighted by atomic mass is 14.2. The van der Waals surface area contributed by atoms with Crippen molar-refractivity contribution in [2.45, 2.75) is 66.2 Å². The van der Waals surface area contributed by atoms with Crippen molar-refractivity contribution < 1.29 is 0 Å². The Morgan fingerprint density at radius 1 is 1.00 bits per heavy atom. The van der Waals surface area contributed by atoms with Gasteiger partial charge in [0.05, 0.1) is 0 Å². The van der Waals surface area contributed by atoms with Crippen LogP contribution in [0.1, 0.15) is 70.9 Å². The molecule has 1 aromatic rings. The number of aryl methyl sites for hydroxylation is 1. The summed E-state index contributed by atoms with van der Waals surface area (Å²) in [6, 6.07) is 8.91. The van der Waals surface area contributed by atoms with Gasteiger partial charge >= 0.3 is 0 Å². The van der Waals surface area contributed by atoms with E-state index in [1.54, 1.807) is 5.56 Å². The van der Waals surface area contributed by atoms with Crippen molar-refractivity contribution in [1.82, 2.24) is 0 Å². The third-order valence-corrected chi connectivity index (χ3v) is 3.30. The van der Waals surface area contributed by atoms with Crippen molar-refractivity contribution in [2.75, 3.05) is 0 Å². The van der Waals surface area contributed by atoms with E-state index in [-0.39, 0.29) is 0 Å². The average molecular weight is 232 g/mol. The van der Waals surface area contributed by atoms with E-state index in [1.165, 1.54) is 31.2 Å². The van der Waals surface area contributed by atoms with E-state index in [9.17, 15) is 0 Å². The van der Waals surface area contributed by atoms with Gasteiger partial charge in [0.1, 0.15) is 0 Å². The molecule has 0 bridgehead atoms. The zero-order chi connectivity index (χ0) is 12.9. The van der Waals surface area contributed by atoms with Gasteiger partial charge in [0.2, 0.25) is 0 Å². The van der Waals surface area contributed by atoms with E-state index in [0.717, 1.165) is 0 Å². The molecule has 0 aliphatic rings. The molecular formula is C17H28. The lowest BCUT2D eigenvalue weighted by molar-refractivity contribution is 0.360. The van der Waals surface area contributed by atoms with Crippen LogP contribution in [0.15, 0.2) is 24.3 Å². The van der Waals surface area contributed by atoms with Crippen molar-refractivity contribution >= 4 is 0 Å². The molecule has 17 heavy (non-hydrogen) atoms. The molecule has 0 aromatic heterocycles. The second kappa shape index (κ2) is 6.23. The van der Waals surface area contributed by atoms with Crippen LogP contribution < -0.4 is 0 Å². The minimum absolute atomic E-state index is 0.484. The zero-order valence-electron chi connectivity index (χ0n) is 12.2. The van der Waals surface area contributed by atoms with E-state index in [4.69, 9.17) is 0 Å². The van der Waals surface area contributed by atoms with Gasteiger partial charge < -0.3 is 0 Å². The van der Waals surface area contributed by atoms with E-state index in [1.807, 2.05) is 0 Å². The monoisotopic (exact) mass is 232 g/mol. The first-order chi connectivity index (χ1) is 7.90. The molecule has 0 heteroatoms. The van der Waals surface area contributed by atoms with Gasteiger partial charge in [-0.25, -0.2) is 0 Å². The standard InChI is InChI=1S/C17H28/c1-14(2)16-12-7-6-10-15(16)11-8-9-13-17(3,4)5/h6-7,10,12,14H,8-9,11,13H2,1-5H3. The normalized spacial score (nSPS) is 12.1. The molecule has 0 aliphatic heterocycles. The van der Waals surface area contributed by atoms with Gasteiger partial charge in [0, 0.05) is 0 Å². The maximum Gasteiger partial charge on any atom is -0.0216 e. The number of benzene rings is 1. The quantitative estimate of drug-likeness (QED) is 0.582. The first kappa shape index (κ1) is 14.3. The van der Waals surface area contributed by atoms with Crippen LogP contribution in [-0.2, 0) is 6.42 Å². The van der Waals surface area contributed by atoms with Crippen molar-refractivity contribution in [3.63, 3.8) is 0 Å². The van der Waals surface area contributed by atoms with Gasteiger partial charge in [-0.3, -0.25) is 0 Å². The Labute approximate surface area is 107 Å². The van der Waals surface area contributed by atoms with Crippen LogP contribution in [0.25, 0.3) is 0 Å². The van der Waals surface area contributed by atoms with Crippen LogP contribution in [0, 0.1) is 5.41 Å². The molecule has 0 amide bonds. The lowest BCUT2D eigenvalue weighted by atomic mass is 9.88. The van der Waals surface area contributed by atoms with E-state index >= 15 is 0 Å². The fraction of sp³-hybridized carbons (Fsp3) is 0.647. The highest BCUT2D eigenvalue weighted by Gasteiger charge is 2.10. The Kier molecular flexibility index (Phi) is 5.24. The van der Waals surface area contributed by atoms with Crippen LogP contribution in [0.3, 0.4) is 0 Å². The molecule has 0 saturated carbocycles. The summed E-state index contributed by atoms with van der Waals surface area (Å²) in [5.41, 5.74) is 3.57. The summed E-state index contributed by atoms with van der Waals surface area (Å²) in [6.07, 6.45) is 5.23. The van der Waals surface area contributed by atoms with Crippen LogP contribution >= 0.6 is 0 Å². The Hall–Kier alpha value is -0.780. The second-order valence-electron chi connectivity index (χ2n) is 6.62. The van der Waals surface area contributed by atoms with Gasteiger partial charge in [-0.2, -0.15) is 0 Å². The lowest BCUT2D eigenvalue weighted by Crippen LogP contribution is -2.04. The van der Waals surface area contributed by atoms with Crippen LogP contribution in [0.5, 0.6) is 0 Å². The van der Waals surface area contributed by atoms with E-state index < -0.39 is 0 Å². The summed E-state index contributed by atoms with van der Waals surface area (Å²) in [7, 11) is 0. The first-order valence-electron chi connectivity index (χ1n) is 6.98. The summed E-state index contributed by atoms with van der Waals surface area (Å²) in [4.78, 5) is 0. The molecule has 0 heterocycles. The Morgan fingerprint density at radius 3 is 2.24 bits per heavy atom. The van der Waals surface area contributed by atoms with E-state index in [2.05, 4.69) is 58.9 Å². The molecule has 0 spiro atoms. The molecule has 0 N–H and O–H groups in total. The molecule has 0 atom stereocenters. The molecule has 0 radical (unpaired) electrons. The molecular weight excluding hydrogens is 204 g/mol. The average Bonchev–Trinajstić information content (AvgIpc) is 2.23. The minimum atomic E-state index is 0.484. The number of rotatable bonds is 5. The van der Waals surface area contributed by atoms with Crippen molar-refractivity contribution in [3.8, 4) is 0 Å². The van der Waals surface area contributed by atoms with E-state index in [0.29, 0.717) is 11.3 Å². The van der Waals surface area contributed by atoms with Crippen molar-refractivity contribution in [2.24, 2.45) is 5.41 Å². The smallest absolute Gasteiger partial charge is 0.0216 e. The maximum absolute atomic E-state index is 2.33. The minimum Gasteiger partial charge on any atom is -0.0620 e. The fourth-order valence-electron chi connectivity index (χ4n) is 2.30. The molecule has 0 nitrogen and oxygen atoms in total. The third kappa shape index (κ3) is 5.39. The Bertz CT molecular complexity index is 328. The molecule has 0 saturated heterocycles. The molecule has 0 unspecified atom stereocenters. The van der Waals surface area contributed by atoms with Crippen molar-refractivity contribution in [3.05, 3.63) is 35.4 Å². The molecule has 96 valence electrons. The summed E-state index contributed by atoms with van der Waals surface area (Å²) < 4.78 is 0. The lowest BCUT2D eigenvalue weighted by Gasteiger charge is -2.18. The largest absolute Gasteiger partial charge is 0.0620 e. The highest BCUT2D eigenvalue weighted by Crippen LogP contribution is 2.24. The van der Waals surface area contributed by atoms with Gasteiger partial charge in [-0.15, -0.1) is 0 Å². The highest BCUT2D eigenvalue weighted by molar-refractivity contribution is 5.29. The predicted molar refractivity (Wildman–Crippen MR) is 77.5 cm³/mol. The third-order valence-electron chi connectivity index (χ3n) is 3.30. The SMILES string of the molecule is CC(C)c1ccccc1CCCCC(C)(C)C. The fourth-order valence-corrected chi connectivity index (χ4v) is 2.30.